The molecule has 0 saturated carbocycles. The third kappa shape index (κ3) is 4.81. The maximum absolute atomic E-state index is 9.75. The number of hydrogen-bond acceptors (Lipinski definition) is 2. The molecule has 0 aliphatic heterocycles. The van der Waals surface area contributed by atoms with Gasteiger partial charge in [-0.15, -0.1) is 0 Å². The van der Waals surface area contributed by atoms with Crippen LogP contribution in [0.5, 0.6) is 5.75 Å². The molecule has 1 aromatic carbocycles. The highest BCUT2D eigenvalue weighted by Crippen LogP contribution is 2.23. The van der Waals surface area contributed by atoms with Gasteiger partial charge in [-0.3, -0.25) is 0 Å². The predicted octanol–water partition coefficient (Wildman–Crippen LogP) is 2.47. The molecule has 0 atom stereocenters. The molecule has 0 bridgehead atoms. The van der Waals surface area contributed by atoms with E-state index in [-0.39, 0.29) is 0 Å². The lowest BCUT2D eigenvalue weighted by Gasteiger charge is -2.14. The Kier molecular flexibility index (Phi) is 5.67. The van der Waals surface area contributed by atoms with Crippen molar-refractivity contribution in [1.29, 1.82) is 0 Å². The summed E-state index contributed by atoms with van der Waals surface area (Å²) >= 11 is 0. The zero-order chi connectivity index (χ0) is 14.4. The van der Waals surface area contributed by atoms with E-state index in [9.17, 15) is 5.11 Å². The van der Waals surface area contributed by atoms with E-state index in [4.69, 9.17) is 0 Å². The molecular formula is C15H25N3O. The van der Waals surface area contributed by atoms with E-state index >= 15 is 0 Å². The number of aliphatic imine (C=N–C) groups is 1. The number of hydrogen-bond donors (Lipinski definition) is 3. The van der Waals surface area contributed by atoms with Crippen molar-refractivity contribution in [2.45, 2.75) is 47.2 Å². The van der Waals surface area contributed by atoms with Gasteiger partial charge >= 0.3 is 0 Å². The molecule has 0 aliphatic carbocycles. The van der Waals surface area contributed by atoms with Gasteiger partial charge in [-0.2, -0.15) is 0 Å². The lowest BCUT2D eigenvalue weighted by Crippen LogP contribution is -2.41. The molecule has 0 radical (unpaired) electrons. The van der Waals surface area contributed by atoms with Crippen molar-refractivity contribution in [3.8, 4) is 5.75 Å². The van der Waals surface area contributed by atoms with Crippen molar-refractivity contribution in [3.63, 3.8) is 0 Å². The van der Waals surface area contributed by atoms with Crippen LogP contribution in [0.15, 0.2) is 17.1 Å². The molecule has 4 nitrogen and oxygen atoms in total. The highest BCUT2D eigenvalue weighted by atomic mass is 16.3. The van der Waals surface area contributed by atoms with Crippen LogP contribution in [-0.4, -0.2) is 23.7 Å². The van der Waals surface area contributed by atoms with Gasteiger partial charge in [-0.05, 0) is 51.3 Å². The summed E-state index contributed by atoms with van der Waals surface area (Å²) in [4.78, 5) is 4.55. The summed E-state index contributed by atoms with van der Waals surface area (Å²) in [5.41, 5.74) is 2.90. The third-order valence-electron chi connectivity index (χ3n) is 2.74. The number of aryl methyl sites for hydroxylation is 2. The molecule has 19 heavy (non-hydrogen) atoms. The first-order chi connectivity index (χ1) is 8.93. The second-order valence-electron chi connectivity index (χ2n) is 5.07. The minimum Gasteiger partial charge on any atom is -0.507 e. The number of rotatable bonds is 4. The molecule has 1 aromatic rings. The first kappa shape index (κ1) is 15.3. The van der Waals surface area contributed by atoms with Crippen LogP contribution in [0.1, 0.15) is 37.5 Å². The van der Waals surface area contributed by atoms with Gasteiger partial charge in [0.15, 0.2) is 5.96 Å². The standard InChI is InChI=1S/C15H25N3O/c1-6-16-15(18-10(2)3)17-9-13-7-11(4)14(19)12(5)8-13/h7-8,10,19H,6,9H2,1-5H3,(H2,16,17,18). The van der Waals surface area contributed by atoms with Crippen LogP contribution in [0.4, 0.5) is 0 Å². The lowest BCUT2D eigenvalue weighted by molar-refractivity contribution is 0.466. The van der Waals surface area contributed by atoms with E-state index in [1.54, 1.807) is 0 Å². The van der Waals surface area contributed by atoms with Gasteiger partial charge in [0.05, 0.1) is 6.54 Å². The van der Waals surface area contributed by atoms with E-state index in [1.807, 2.05) is 32.9 Å². The number of phenolic OH excluding ortho intramolecular Hbond substituents is 1. The Hall–Kier alpha value is -1.71. The quantitative estimate of drug-likeness (QED) is 0.578. The molecular weight excluding hydrogens is 238 g/mol. The highest BCUT2D eigenvalue weighted by Gasteiger charge is 2.04. The van der Waals surface area contributed by atoms with Gasteiger partial charge in [-0.1, -0.05) is 12.1 Å². The van der Waals surface area contributed by atoms with E-state index in [0.29, 0.717) is 18.3 Å². The molecule has 106 valence electrons. The topological polar surface area (TPSA) is 56.7 Å². The van der Waals surface area contributed by atoms with E-state index < -0.39 is 0 Å². The second-order valence-corrected chi connectivity index (χ2v) is 5.07. The minimum absolute atomic E-state index is 0.348. The van der Waals surface area contributed by atoms with Gasteiger partial charge < -0.3 is 15.7 Å². The van der Waals surface area contributed by atoms with E-state index in [2.05, 4.69) is 29.5 Å². The molecule has 0 saturated heterocycles. The van der Waals surface area contributed by atoms with Gasteiger partial charge in [-0.25, -0.2) is 4.99 Å². The van der Waals surface area contributed by atoms with Crippen LogP contribution in [0.3, 0.4) is 0 Å². The number of phenols is 1. The lowest BCUT2D eigenvalue weighted by atomic mass is 10.1. The van der Waals surface area contributed by atoms with E-state index in [1.165, 1.54) is 0 Å². The summed E-state index contributed by atoms with van der Waals surface area (Å²) in [5.74, 6) is 1.20. The summed E-state index contributed by atoms with van der Waals surface area (Å²) in [7, 11) is 0. The third-order valence-corrected chi connectivity index (χ3v) is 2.74. The van der Waals surface area contributed by atoms with Crippen LogP contribution in [0.2, 0.25) is 0 Å². The average molecular weight is 263 g/mol. The van der Waals surface area contributed by atoms with Crippen LogP contribution in [0.25, 0.3) is 0 Å². The second kappa shape index (κ2) is 7.02. The summed E-state index contributed by atoms with van der Waals surface area (Å²) in [6, 6.07) is 4.30. The van der Waals surface area contributed by atoms with Crippen molar-refractivity contribution >= 4 is 5.96 Å². The molecule has 0 unspecified atom stereocenters. The molecule has 3 N–H and O–H groups in total. The maximum atomic E-state index is 9.75. The average Bonchev–Trinajstić information content (AvgIpc) is 2.32. The van der Waals surface area contributed by atoms with Crippen molar-refractivity contribution in [3.05, 3.63) is 28.8 Å². The number of nitrogens with one attached hydrogen (secondary N) is 2. The molecule has 0 amide bonds. The fourth-order valence-corrected chi connectivity index (χ4v) is 1.90. The summed E-state index contributed by atoms with van der Waals surface area (Å²) in [5, 5.41) is 16.2. The number of nitrogens with zero attached hydrogens (tertiary/aromatic N) is 1. The van der Waals surface area contributed by atoms with Crippen molar-refractivity contribution in [2.24, 2.45) is 4.99 Å². The Balaban J connectivity index is 2.82. The Labute approximate surface area is 116 Å². The molecule has 0 heterocycles. The Morgan fingerprint density at radius 2 is 1.84 bits per heavy atom. The number of aromatic hydroxyl groups is 1. The monoisotopic (exact) mass is 263 g/mol. The van der Waals surface area contributed by atoms with Crippen molar-refractivity contribution in [1.82, 2.24) is 10.6 Å². The number of guanidine groups is 1. The predicted molar refractivity (Wildman–Crippen MR) is 80.7 cm³/mol. The van der Waals surface area contributed by atoms with Gasteiger partial charge in [0.25, 0.3) is 0 Å². The normalized spacial score (nSPS) is 11.8. The fourth-order valence-electron chi connectivity index (χ4n) is 1.90. The smallest absolute Gasteiger partial charge is 0.191 e. The SMILES string of the molecule is CCNC(=NCc1cc(C)c(O)c(C)c1)NC(C)C. The minimum atomic E-state index is 0.348. The maximum Gasteiger partial charge on any atom is 0.191 e. The Morgan fingerprint density at radius 3 is 2.32 bits per heavy atom. The van der Waals surface area contributed by atoms with Gasteiger partial charge in [0.2, 0.25) is 0 Å². The fraction of sp³-hybridized carbons (Fsp3) is 0.533. The molecule has 0 aliphatic rings. The molecule has 1 rings (SSSR count). The molecule has 0 spiro atoms. The van der Waals surface area contributed by atoms with Crippen LogP contribution >= 0.6 is 0 Å². The van der Waals surface area contributed by atoms with E-state index in [0.717, 1.165) is 29.2 Å². The number of benzene rings is 1. The zero-order valence-electron chi connectivity index (χ0n) is 12.5. The van der Waals surface area contributed by atoms with Gasteiger partial charge in [0, 0.05) is 12.6 Å². The first-order valence-electron chi connectivity index (χ1n) is 6.78. The summed E-state index contributed by atoms with van der Waals surface area (Å²) in [6.07, 6.45) is 0. The van der Waals surface area contributed by atoms with Crippen molar-refractivity contribution < 1.29 is 5.11 Å². The van der Waals surface area contributed by atoms with Crippen LogP contribution < -0.4 is 10.6 Å². The Bertz CT molecular complexity index is 430. The largest absolute Gasteiger partial charge is 0.507 e. The van der Waals surface area contributed by atoms with Crippen LogP contribution in [-0.2, 0) is 6.54 Å². The van der Waals surface area contributed by atoms with Gasteiger partial charge in [0.1, 0.15) is 5.75 Å². The highest BCUT2D eigenvalue weighted by molar-refractivity contribution is 5.80. The van der Waals surface area contributed by atoms with Crippen molar-refractivity contribution in [2.75, 3.05) is 6.54 Å². The molecule has 0 aromatic heterocycles. The molecule has 0 fully saturated rings. The molecule has 4 heteroatoms. The van der Waals surface area contributed by atoms with Crippen LogP contribution in [0, 0.1) is 13.8 Å². The summed E-state index contributed by atoms with van der Waals surface area (Å²) < 4.78 is 0. The summed E-state index contributed by atoms with van der Waals surface area (Å²) in [6.45, 7) is 11.5. The Morgan fingerprint density at radius 1 is 1.26 bits per heavy atom. The first-order valence-corrected chi connectivity index (χ1v) is 6.78. The zero-order valence-corrected chi connectivity index (χ0v) is 12.5.